The summed E-state index contributed by atoms with van der Waals surface area (Å²) in [5.74, 6) is -0.511. The molecule has 1 fully saturated rings. The zero-order chi connectivity index (χ0) is 11.4. The summed E-state index contributed by atoms with van der Waals surface area (Å²) < 4.78 is 5.02. The quantitative estimate of drug-likeness (QED) is 0.637. The minimum absolute atomic E-state index is 0.194. The van der Waals surface area contributed by atoms with Gasteiger partial charge in [0.1, 0.15) is 6.04 Å². The Bertz CT molecular complexity index is 255. The van der Waals surface area contributed by atoms with E-state index in [9.17, 15) is 9.59 Å². The lowest BCUT2D eigenvalue weighted by Crippen LogP contribution is -2.59. The Hall–Kier alpha value is -1.30. The second-order valence-electron chi connectivity index (χ2n) is 3.75. The van der Waals surface area contributed by atoms with Crippen LogP contribution in [0.15, 0.2) is 0 Å². The summed E-state index contributed by atoms with van der Waals surface area (Å²) in [6, 6.07) is -0.606. The minimum atomic E-state index is -0.606. The zero-order valence-electron chi connectivity index (χ0n) is 9.03. The molecule has 1 atom stereocenters. The summed E-state index contributed by atoms with van der Waals surface area (Å²) in [7, 11) is 0. The summed E-state index contributed by atoms with van der Waals surface area (Å²) >= 11 is 0. The highest BCUT2D eigenvalue weighted by molar-refractivity contribution is 5.84. The van der Waals surface area contributed by atoms with Gasteiger partial charge in [-0.25, -0.2) is 4.79 Å². The molecular weight excluding hydrogens is 198 g/mol. The number of nitrogens with zero attached hydrogens (tertiary/aromatic N) is 1. The number of nitrogens with one attached hydrogen (secondary N) is 1. The SMILES string of the molecule is CC(C)OC(=O)N1CCNCC1C(N)=O. The maximum Gasteiger partial charge on any atom is 0.410 e. The number of nitrogens with two attached hydrogens (primary N) is 1. The van der Waals surface area contributed by atoms with Crippen molar-refractivity contribution in [1.82, 2.24) is 10.2 Å². The van der Waals surface area contributed by atoms with Crippen molar-refractivity contribution in [2.45, 2.75) is 26.0 Å². The minimum Gasteiger partial charge on any atom is -0.447 e. The average molecular weight is 215 g/mol. The lowest BCUT2D eigenvalue weighted by Gasteiger charge is -2.33. The highest BCUT2D eigenvalue weighted by Crippen LogP contribution is 2.06. The van der Waals surface area contributed by atoms with Gasteiger partial charge in [0.15, 0.2) is 0 Å². The second kappa shape index (κ2) is 4.97. The molecule has 0 bridgehead atoms. The molecule has 1 rings (SSSR count). The van der Waals surface area contributed by atoms with Crippen LogP contribution in [0.3, 0.4) is 0 Å². The molecule has 1 saturated heterocycles. The smallest absolute Gasteiger partial charge is 0.410 e. The van der Waals surface area contributed by atoms with Gasteiger partial charge >= 0.3 is 6.09 Å². The third-order valence-corrected chi connectivity index (χ3v) is 2.14. The lowest BCUT2D eigenvalue weighted by atomic mass is 10.2. The Balaban J connectivity index is 2.63. The molecule has 0 radical (unpaired) electrons. The molecule has 15 heavy (non-hydrogen) atoms. The number of hydrogen-bond donors (Lipinski definition) is 2. The average Bonchev–Trinajstić information content (AvgIpc) is 2.16. The molecule has 1 unspecified atom stereocenters. The first-order chi connectivity index (χ1) is 7.02. The fraction of sp³-hybridized carbons (Fsp3) is 0.778. The van der Waals surface area contributed by atoms with E-state index in [1.165, 1.54) is 4.90 Å². The Morgan fingerprint density at radius 3 is 2.73 bits per heavy atom. The third kappa shape index (κ3) is 3.09. The van der Waals surface area contributed by atoms with E-state index in [2.05, 4.69) is 5.32 Å². The van der Waals surface area contributed by atoms with Crippen LogP contribution in [0.25, 0.3) is 0 Å². The molecular formula is C9H17N3O3. The molecule has 6 heteroatoms. The van der Waals surface area contributed by atoms with Crippen LogP contribution in [-0.2, 0) is 9.53 Å². The van der Waals surface area contributed by atoms with E-state index in [1.54, 1.807) is 13.8 Å². The molecule has 0 aliphatic carbocycles. The van der Waals surface area contributed by atoms with Gasteiger partial charge in [0.25, 0.3) is 0 Å². The fourth-order valence-corrected chi connectivity index (χ4v) is 1.45. The van der Waals surface area contributed by atoms with Gasteiger partial charge in [-0.15, -0.1) is 0 Å². The second-order valence-corrected chi connectivity index (χ2v) is 3.75. The van der Waals surface area contributed by atoms with E-state index < -0.39 is 18.0 Å². The van der Waals surface area contributed by atoms with Crippen molar-refractivity contribution in [3.8, 4) is 0 Å². The largest absolute Gasteiger partial charge is 0.447 e. The zero-order valence-corrected chi connectivity index (χ0v) is 9.03. The molecule has 0 saturated carbocycles. The number of carbonyl (C=O) groups is 2. The molecule has 86 valence electrons. The van der Waals surface area contributed by atoms with Crippen LogP contribution in [0.4, 0.5) is 4.79 Å². The van der Waals surface area contributed by atoms with Gasteiger partial charge in [-0.2, -0.15) is 0 Å². The Labute approximate surface area is 88.7 Å². The van der Waals surface area contributed by atoms with Crippen LogP contribution in [0.1, 0.15) is 13.8 Å². The number of ether oxygens (including phenoxy) is 1. The molecule has 1 heterocycles. The van der Waals surface area contributed by atoms with E-state index >= 15 is 0 Å². The van der Waals surface area contributed by atoms with Crippen molar-refractivity contribution in [2.24, 2.45) is 5.73 Å². The van der Waals surface area contributed by atoms with Gasteiger partial charge in [0, 0.05) is 19.6 Å². The first kappa shape index (κ1) is 11.8. The van der Waals surface area contributed by atoms with E-state index in [4.69, 9.17) is 10.5 Å². The molecule has 1 aliphatic rings. The highest BCUT2D eigenvalue weighted by atomic mass is 16.6. The van der Waals surface area contributed by atoms with Gasteiger partial charge < -0.3 is 15.8 Å². The van der Waals surface area contributed by atoms with Crippen molar-refractivity contribution >= 4 is 12.0 Å². The Morgan fingerprint density at radius 1 is 1.53 bits per heavy atom. The molecule has 0 aromatic heterocycles. The van der Waals surface area contributed by atoms with Crippen molar-refractivity contribution in [2.75, 3.05) is 19.6 Å². The van der Waals surface area contributed by atoms with Crippen molar-refractivity contribution in [1.29, 1.82) is 0 Å². The Kier molecular flexibility index (Phi) is 3.90. The van der Waals surface area contributed by atoms with Crippen molar-refractivity contribution in [3.63, 3.8) is 0 Å². The van der Waals surface area contributed by atoms with E-state index in [-0.39, 0.29) is 6.10 Å². The summed E-state index contributed by atoms with van der Waals surface area (Å²) in [5, 5.41) is 3.00. The van der Waals surface area contributed by atoms with Crippen molar-refractivity contribution < 1.29 is 14.3 Å². The monoisotopic (exact) mass is 215 g/mol. The van der Waals surface area contributed by atoms with Crippen LogP contribution >= 0.6 is 0 Å². The number of primary amides is 1. The van der Waals surface area contributed by atoms with Crippen LogP contribution in [0, 0.1) is 0 Å². The molecule has 1 aliphatic heterocycles. The van der Waals surface area contributed by atoms with Gasteiger partial charge in [0.05, 0.1) is 6.10 Å². The van der Waals surface area contributed by atoms with Crippen LogP contribution in [-0.4, -0.2) is 48.7 Å². The normalized spacial score (nSPS) is 21.5. The first-order valence-corrected chi connectivity index (χ1v) is 4.99. The predicted molar refractivity (Wildman–Crippen MR) is 54.2 cm³/mol. The van der Waals surface area contributed by atoms with Gasteiger partial charge in [0.2, 0.25) is 5.91 Å². The molecule has 6 nitrogen and oxygen atoms in total. The molecule has 0 aromatic rings. The Morgan fingerprint density at radius 2 is 2.20 bits per heavy atom. The highest BCUT2D eigenvalue weighted by Gasteiger charge is 2.31. The summed E-state index contributed by atoms with van der Waals surface area (Å²) in [4.78, 5) is 24.1. The van der Waals surface area contributed by atoms with Crippen LogP contribution < -0.4 is 11.1 Å². The van der Waals surface area contributed by atoms with Crippen LogP contribution in [0.5, 0.6) is 0 Å². The topological polar surface area (TPSA) is 84.7 Å². The number of carbonyl (C=O) groups excluding carboxylic acids is 2. The number of hydrogen-bond acceptors (Lipinski definition) is 4. The van der Waals surface area contributed by atoms with E-state index in [0.29, 0.717) is 19.6 Å². The lowest BCUT2D eigenvalue weighted by molar-refractivity contribution is -0.123. The van der Waals surface area contributed by atoms with Crippen LogP contribution in [0.2, 0.25) is 0 Å². The predicted octanol–water partition coefficient (Wildman–Crippen LogP) is -0.709. The standard InChI is InChI=1S/C9H17N3O3/c1-6(2)15-9(14)12-4-3-11-5-7(12)8(10)13/h6-7,11H,3-5H2,1-2H3,(H2,10,13). The van der Waals surface area contributed by atoms with Gasteiger partial charge in [-0.3, -0.25) is 9.69 Å². The number of rotatable bonds is 2. The maximum absolute atomic E-state index is 11.6. The summed E-state index contributed by atoms with van der Waals surface area (Å²) in [5.41, 5.74) is 5.20. The third-order valence-electron chi connectivity index (χ3n) is 2.14. The first-order valence-electron chi connectivity index (χ1n) is 4.99. The van der Waals surface area contributed by atoms with Crippen molar-refractivity contribution in [3.05, 3.63) is 0 Å². The summed E-state index contributed by atoms with van der Waals surface area (Å²) in [6.45, 7) is 5.01. The van der Waals surface area contributed by atoms with E-state index in [0.717, 1.165) is 0 Å². The summed E-state index contributed by atoms with van der Waals surface area (Å²) in [6.07, 6.45) is -0.670. The van der Waals surface area contributed by atoms with Gasteiger partial charge in [-0.1, -0.05) is 0 Å². The molecule has 2 amide bonds. The van der Waals surface area contributed by atoms with Gasteiger partial charge in [-0.05, 0) is 13.8 Å². The number of amides is 2. The molecule has 0 aromatic carbocycles. The van der Waals surface area contributed by atoms with E-state index in [1.807, 2.05) is 0 Å². The molecule has 3 N–H and O–H groups in total. The maximum atomic E-state index is 11.6. The number of piperazine rings is 1. The molecule has 0 spiro atoms. The fourth-order valence-electron chi connectivity index (χ4n) is 1.45.